The number of hydrogen-bond donors (Lipinski definition) is 3. The molecule has 0 bridgehead atoms. The number of anilines is 2. The van der Waals surface area contributed by atoms with Crippen LogP contribution in [-0.2, 0) is 5.41 Å². The second-order valence-electron chi connectivity index (χ2n) is 7.18. The topological polar surface area (TPSA) is 56.9 Å². The van der Waals surface area contributed by atoms with Crippen molar-refractivity contribution in [2.75, 3.05) is 11.9 Å². The van der Waals surface area contributed by atoms with Crippen LogP contribution >= 0.6 is 0 Å². The Morgan fingerprint density at radius 3 is 2.59 bits per heavy atom. The molecule has 0 spiro atoms. The number of hydrogen-bond acceptors (Lipinski definition) is 3. The Hall–Kier alpha value is -2.35. The molecule has 27 heavy (non-hydrogen) atoms. The van der Waals surface area contributed by atoms with Crippen LogP contribution in [0.15, 0.2) is 35.3 Å². The fraction of sp³-hybridized carbons (Fsp3) is 0.421. The van der Waals surface area contributed by atoms with Crippen molar-refractivity contribution in [1.82, 2.24) is 10.3 Å². The molecule has 144 valence electrons. The van der Waals surface area contributed by atoms with Gasteiger partial charge in [-0.3, -0.25) is 4.79 Å². The minimum absolute atomic E-state index is 0.0124. The fourth-order valence-electron chi connectivity index (χ4n) is 4.24. The van der Waals surface area contributed by atoms with E-state index in [1.807, 2.05) is 0 Å². The molecular formula is C19H19F4N3O. The van der Waals surface area contributed by atoms with Gasteiger partial charge in [0.15, 0.2) is 0 Å². The molecule has 2 heterocycles. The van der Waals surface area contributed by atoms with Crippen LogP contribution in [0.3, 0.4) is 0 Å². The quantitative estimate of drug-likeness (QED) is 0.706. The lowest BCUT2D eigenvalue weighted by Gasteiger charge is -2.42. The van der Waals surface area contributed by atoms with Crippen LogP contribution in [0.25, 0.3) is 0 Å². The highest BCUT2D eigenvalue weighted by molar-refractivity contribution is 5.76. The normalized spacial score (nSPS) is 22.2. The maximum Gasteiger partial charge on any atom is 0.403 e. The molecule has 1 unspecified atom stereocenters. The van der Waals surface area contributed by atoms with E-state index in [1.165, 1.54) is 18.3 Å². The molecule has 1 aliphatic heterocycles. The van der Waals surface area contributed by atoms with Gasteiger partial charge >= 0.3 is 6.18 Å². The number of pyridine rings is 1. The Kier molecular flexibility index (Phi) is 4.25. The van der Waals surface area contributed by atoms with Gasteiger partial charge in [-0.1, -0.05) is 12.8 Å². The summed E-state index contributed by atoms with van der Waals surface area (Å²) in [7, 11) is 0. The summed E-state index contributed by atoms with van der Waals surface area (Å²) in [4.78, 5) is 14.6. The minimum atomic E-state index is -4.73. The molecule has 0 amide bonds. The highest BCUT2D eigenvalue weighted by Gasteiger charge is 2.60. The average molecular weight is 381 g/mol. The van der Waals surface area contributed by atoms with Crippen LogP contribution in [0.4, 0.5) is 28.9 Å². The lowest BCUT2D eigenvalue weighted by Crippen LogP contribution is -2.54. The Morgan fingerprint density at radius 1 is 1.15 bits per heavy atom. The Bertz CT molecular complexity index is 918. The van der Waals surface area contributed by atoms with Crippen molar-refractivity contribution in [1.29, 1.82) is 0 Å². The number of rotatable bonds is 3. The van der Waals surface area contributed by atoms with Crippen LogP contribution in [0.2, 0.25) is 0 Å². The van der Waals surface area contributed by atoms with Gasteiger partial charge in [-0.25, -0.2) is 4.39 Å². The molecule has 8 heteroatoms. The molecule has 1 aromatic carbocycles. The van der Waals surface area contributed by atoms with E-state index in [-0.39, 0.29) is 28.5 Å². The van der Waals surface area contributed by atoms with Gasteiger partial charge in [0, 0.05) is 30.0 Å². The monoisotopic (exact) mass is 381 g/mol. The lowest BCUT2D eigenvalue weighted by atomic mass is 9.70. The molecule has 3 N–H and O–H groups in total. The van der Waals surface area contributed by atoms with Crippen molar-refractivity contribution in [2.45, 2.75) is 43.3 Å². The number of benzene rings is 1. The summed E-state index contributed by atoms with van der Waals surface area (Å²) in [5, 5.41) is 5.79. The summed E-state index contributed by atoms with van der Waals surface area (Å²) < 4.78 is 57.7. The number of aromatic nitrogens is 1. The minimum Gasteiger partial charge on any atom is -0.351 e. The molecule has 1 aliphatic carbocycles. The van der Waals surface area contributed by atoms with Crippen LogP contribution in [0.1, 0.15) is 36.8 Å². The first-order valence-electron chi connectivity index (χ1n) is 8.92. The second kappa shape index (κ2) is 6.37. The van der Waals surface area contributed by atoms with Gasteiger partial charge in [-0.2, -0.15) is 13.2 Å². The van der Waals surface area contributed by atoms with E-state index < -0.39 is 29.5 Å². The largest absolute Gasteiger partial charge is 0.403 e. The maximum atomic E-state index is 14.6. The summed E-state index contributed by atoms with van der Waals surface area (Å²) in [5.41, 5.74) is -3.62. The Balaban J connectivity index is 1.94. The zero-order valence-corrected chi connectivity index (χ0v) is 14.4. The predicted molar refractivity (Wildman–Crippen MR) is 93.8 cm³/mol. The van der Waals surface area contributed by atoms with Crippen molar-refractivity contribution in [3.8, 4) is 0 Å². The summed E-state index contributed by atoms with van der Waals surface area (Å²) in [5.74, 6) is -0.752. The molecule has 1 atom stereocenters. The van der Waals surface area contributed by atoms with E-state index in [0.717, 1.165) is 37.8 Å². The predicted octanol–water partition coefficient (Wildman–Crippen LogP) is 3.95. The molecule has 0 saturated heterocycles. The highest BCUT2D eigenvalue weighted by atomic mass is 19.4. The van der Waals surface area contributed by atoms with E-state index >= 15 is 0 Å². The number of nitrogens with one attached hydrogen (secondary N) is 3. The SMILES string of the molecule is O=c1[nH]ccc2c1Nc1ccc(F)cc1C2(CNC1CCCC1)C(F)(F)F. The van der Waals surface area contributed by atoms with Gasteiger partial charge in [-0.15, -0.1) is 0 Å². The van der Waals surface area contributed by atoms with Crippen molar-refractivity contribution in [3.63, 3.8) is 0 Å². The first-order chi connectivity index (χ1) is 12.8. The summed E-state index contributed by atoms with van der Waals surface area (Å²) in [6.45, 7) is -0.449. The van der Waals surface area contributed by atoms with Gasteiger partial charge in [0.2, 0.25) is 0 Å². The molecule has 0 radical (unpaired) electrons. The molecule has 2 aromatic rings. The number of halogens is 4. The molecule has 4 rings (SSSR count). The number of fused-ring (bicyclic) bond motifs is 2. The third-order valence-electron chi connectivity index (χ3n) is 5.62. The summed E-state index contributed by atoms with van der Waals surface area (Å²) >= 11 is 0. The molecule has 4 nitrogen and oxygen atoms in total. The van der Waals surface area contributed by atoms with Crippen molar-refractivity contribution in [2.24, 2.45) is 0 Å². The number of aromatic amines is 1. The average Bonchev–Trinajstić information content (AvgIpc) is 3.12. The smallest absolute Gasteiger partial charge is 0.351 e. The van der Waals surface area contributed by atoms with Crippen LogP contribution in [0, 0.1) is 5.82 Å². The molecule has 1 aromatic heterocycles. The number of H-pyrrole nitrogens is 1. The Labute approximate surface area is 153 Å². The van der Waals surface area contributed by atoms with E-state index in [1.54, 1.807) is 0 Å². The number of alkyl halides is 3. The first-order valence-corrected chi connectivity index (χ1v) is 8.92. The van der Waals surface area contributed by atoms with E-state index in [4.69, 9.17) is 0 Å². The third-order valence-corrected chi connectivity index (χ3v) is 5.62. The second-order valence-corrected chi connectivity index (χ2v) is 7.18. The van der Waals surface area contributed by atoms with Gasteiger partial charge < -0.3 is 15.6 Å². The zero-order valence-electron chi connectivity index (χ0n) is 14.4. The van der Waals surface area contributed by atoms with Crippen molar-refractivity contribution >= 4 is 11.4 Å². The molecule has 2 aliphatic rings. The van der Waals surface area contributed by atoms with Gasteiger partial charge in [0.05, 0.1) is 0 Å². The van der Waals surface area contributed by atoms with Gasteiger partial charge in [-0.05, 0) is 42.7 Å². The molecule has 1 fully saturated rings. The summed E-state index contributed by atoms with van der Waals surface area (Å²) in [6, 6.07) is 4.48. The Morgan fingerprint density at radius 2 is 1.89 bits per heavy atom. The van der Waals surface area contributed by atoms with Crippen LogP contribution in [-0.4, -0.2) is 23.7 Å². The first kappa shape index (κ1) is 18.0. The molecular weight excluding hydrogens is 362 g/mol. The van der Waals surface area contributed by atoms with Gasteiger partial charge in [0.1, 0.15) is 16.9 Å². The highest BCUT2D eigenvalue weighted by Crippen LogP contribution is 2.53. The van der Waals surface area contributed by atoms with E-state index in [0.29, 0.717) is 0 Å². The maximum absolute atomic E-state index is 14.6. The van der Waals surface area contributed by atoms with Gasteiger partial charge in [0.25, 0.3) is 5.56 Å². The zero-order chi connectivity index (χ0) is 19.2. The van der Waals surface area contributed by atoms with Crippen LogP contribution in [0.5, 0.6) is 0 Å². The third kappa shape index (κ3) is 2.82. The van der Waals surface area contributed by atoms with Crippen molar-refractivity contribution < 1.29 is 17.6 Å². The van der Waals surface area contributed by atoms with E-state index in [2.05, 4.69) is 15.6 Å². The van der Waals surface area contributed by atoms with Crippen LogP contribution < -0.4 is 16.2 Å². The fourth-order valence-corrected chi connectivity index (χ4v) is 4.24. The van der Waals surface area contributed by atoms with E-state index in [9.17, 15) is 22.4 Å². The van der Waals surface area contributed by atoms with Crippen molar-refractivity contribution in [3.05, 3.63) is 57.8 Å². The lowest BCUT2D eigenvalue weighted by molar-refractivity contribution is -0.177. The summed E-state index contributed by atoms with van der Waals surface area (Å²) in [6.07, 6.45) is 0.0310. The standard InChI is InChI=1S/C19H19F4N3O/c20-11-5-6-15-14(9-11)18(19(21,22)23,10-25-12-3-1-2-4-12)13-7-8-24-17(27)16(13)26-15/h5-9,12,25-26H,1-4,10H2,(H,24,27). The molecule has 1 saturated carbocycles.